The standard InChI is InChI=1S/C17H26N2O/c1-17(2,3)14-6-9-16(20)19(11-10-14)12-13-4-7-15(18)8-5-13/h4-5,7-8,14H,6,9-12,18H2,1-3H3. The Bertz CT molecular complexity index is 459. The summed E-state index contributed by atoms with van der Waals surface area (Å²) in [6.45, 7) is 8.40. The number of carbonyl (C=O) groups excluding carboxylic acids is 1. The number of amides is 1. The summed E-state index contributed by atoms with van der Waals surface area (Å²) in [5.41, 5.74) is 7.91. The lowest BCUT2D eigenvalue weighted by Crippen LogP contribution is -2.30. The van der Waals surface area contributed by atoms with Crippen molar-refractivity contribution in [1.29, 1.82) is 0 Å². The first kappa shape index (κ1) is 14.9. The van der Waals surface area contributed by atoms with Gasteiger partial charge in [-0.3, -0.25) is 4.79 Å². The van der Waals surface area contributed by atoms with E-state index in [0.29, 0.717) is 18.9 Å². The number of benzene rings is 1. The van der Waals surface area contributed by atoms with Crippen LogP contribution in [0.25, 0.3) is 0 Å². The molecule has 1 aromatic carbocycles. The molecule has 0 saturated carbocycles. The molecule has 1 fully saturated rings. The van der Waals surface area contributed by atoms with Crippen LogP contribution in [-0.4, -0.2) is 17.4 Å². The van der Waals surface area contributed by atoms with Crippen LogP contribution in [0.1, 0.15) is 45.6 Å². The van der Waals surface area contributed by atoms with Crippen LogP contribution in [0.2, 0.25) is 0 Å². The van der Waals surface area contributed by atoms with E-state index in [4.69, 9.17) is 5.73 Å². The van der Waals surface area contributed by atoms with E-state index >= 15 is 0 Å². The van der Waals surface area contributed by atoms with Gasteiger partial charge in [-0.15, -0.1) is 0 Å². The molecule has 1 aliphatic rings. The van der Waals surface area contributed by atoms with Gasteiger partial charge >= 0.3 is 0 Å². The zero-order chi connectivity index (χ0) is 14.8. The second-order valence-corrected chi connectivity index (χ2v) is 6.95. The number of hydrogen-bond donors (Lipinski definition) is 1. The lowest BCUT2D eigenvalue weighted by molar-refractivity contribution is -0.131. The molecule has 1 aromatic rings. The fourth-order valence-electron chi connectivity index (χ4n) is 2.91. The maximum absolute atomic E-state index is 12.3. The first-order valence-electron chi connectivity index (χ1n) is 7.48. The minimum Gasteiger partial charge on any atom is -0.399 e. The summed E-state index contributed by atoms with van der Waals surface area (Å²) in [7, 11) is 0. The Balaban J connectivity index is 2.02. The Morgan fingerprint density at radius 2 is 1.85 bits per heavy atom. The highest BCUT2D eigenvalue weighted by Crippen LogP contribution is 2.34. The number of rotatable bonds is 2. The molecule has 1 heterocycles. The SMILES string of the molecule is CC(C)(C)C1CCC(=O)N(Cc2ccc(N)cc2)CC1. The minimum atomic E-state index is 0.286. The highest BCUT2D eigenvalue weighted by molar-refractivity contribution is 5.76. The van der Waals surface area contributed by atoms with Gasteiger partial charge in [0.2, 0.25) is 5.91 Å². The molecule has 0 spiro atoms. The normalized spacial score (nSPS) is 20.9. The first-order chi connectivity index (χ1) is 9.36. The molecular weight excluding hydrogens is 248 g/mol. The average Bonchev–Trinajstić information content (AvgIpc) is 2.55. The Morgan fingerprint density at radius 1 is 1.20 bits per heavy atom. The molecule has 3 heteroatoms. The maximum atomic E-state index is 12.3. The van der Waals surface area contributed by atoms with E-state index in [-0.39, 0.29) is 11.3 Å². The second-order valence-electron chi connectivity index (χ2n) is 6.95. The number of nitrogen functional groups attached to an aromatic ring is 1. The molecule has 0 aromatic heterocycles. The van der Waals surface area contributed by atoms with Gasteiger partial charge in [-0.1, -0.05) is 32.9 Å². The van der Waals surface area contributed by atoms with Crippen molar-refractivity contribution in [2.24, 2.45) is 11.3 Å². The summed E-state index contributed by atoms with van der Waals surface area (Å²) in [5.74, 6) is 0.913. The van der Waals surface area contributed by atoms with Crippen molar-refractivity contribution in [2.75, 3.05) is 12.3 Å². The van der Waals surface area contributed by atoms with Crippen LogP contribution in [0.5, 0.6) is 0 Å². The average molecular weight is 274 g/mol. The highest BCUT2D eigenvalue weighted by Gasteiger charge is 2.29. The summed E-state index contributed by atoms with van der Waals surface area (Å²) < 4.78 is 0. The third-order valence-corrected chi connectivity index (χ3v) is 4.38. The van der Waals surface area contributed by atoms with Crippen molar-refractivity contribution in [3.63, 3.8) is 0 Å². The monoisotopic (exact) mass is 274 g/mol. The van der Waals surface area contributed by atoms with Crippen molar-refractivity contribution >= 4 is 11.6 Å². The summed E-state index contributed by atoms with van der Waals surface area (Å²) in [4.78, 5) is 14.3. The Hall–Kier alpha value is -1.51. The fraction of sp³-hybridized carbons (Fsp3) is 0.588. The molecule has 2 rings (SSSR count). The van der Waals surface area contributed by atoms with Gasteiger partial charge in [0.1, 0.15) is 0 Å². The third-order valence-electron chi connectivity index (χ3n) is 4.38. The Kier molecular flexibility index (Phi) is 4.36. The smallest absolute Gasteiger partial charge is 0.222 e. The van der Waals surface area contributed by atoms with E-state index in [1.54, 1.807) is 0 Å². The predicted octanol–water partition coefficient (Wildman–Crippen LogP) is 3.44. The van der Waals surface area contributed by atoms with E-state index < -0.39 is 0 Å². The molecule has 110 valence electrons. The lowest BCUT2D eigenvalue weighted by Gasteiger charge is -2.29. The van der Waals surface area contributed by atoms with Crippen LogP contribution in [0.15, 0.2) is 24.3 Å². The molecule has 1 amide bonds. The van der Waals surface area contributed by atoms with E-state index in [9.17, 15) is 4.79 Å². The molecule has 2 N–H and O–H groups in total. The summed E-state index contributed by atoms with van der Waals surface area (Å²) in [6, 6.07) is 7.81. The number of nitrogens with two attached hydrogens (primary N) is 1. The van der Waals surface area contributed by atoms with E-state index in [1.807, 2.05) is 29.2 Å². The minimum absolute atomic E-state index is 0.286. The molecule has 1 saturated heterocycles. The van der Waals surface area contributed by atoms with Crippen LogP contribution >= 0.6 is 0 Å². The van der Waals surface area contributed by atoms with Crippen molar-refractivity contribution in [3.05, 3.63) is 29.8 Å². The highest BCUT2D eigenvalue weighted by atomic mass is 16.2. The number of anilines is 1. The van der Waals surface area contributed by atoms with Crippen LogP contribution in [-0.2, 0) is 11.3 Å². The third kappa shape index (κ3) is 3.75. The van der Waals surface area contributed by atoms with Crippen molar-refractivity contribution < 1.29 is 4.79 Å². The quantitative estimate of drug-likeness (QED) is 0.840. The molecule has 0 bridgehead atoms. The van der Waals surface area contributed by atoms with Crippen molar-refractivity contribution in [1.82, 2.24) is 4.90 Å². The van der Waals surface area contributed by atoms with Crippen LogP contribution in [0.3, 0.4) is 0 Å². The topological polar surface area (TPSA) is 46.3 Å². The summed E-state index contributed by atoms with van der Waals surface area (Å²) in [5, 5.41) is 0. The lowest BCUT2D eigenvalue weighted by atomic mass is 9.77. The number of hydrogen-bond acceptors (Lipinski definition) is 2. The largest absolute Gasteiger partial charge is 0.399 e. The molecule has 0 aliphatic carbocycles. The van der Waals surface area contributed by atoms with Gasteiger partial charge in [0.05, 0.1) is 0 Å². The van der Waals surface area contributed by atoms with Crippen LogP contribution in [0, 0.1) is 11.3 Å². The van der Waals surface area contributed by atoms with Crippen molar-refractivity contribution in [3.8, 4) is 0 Å². The van der Waals surface area contributed by atoms with Crippen LogP contribution < -0.4 is 5.73 Å². The predicted molar refractivity (Wildman–Crippen MR) is 83.1 cm³/mol. The number of nitrogens with zero attached hydrogens (tertiary/aromatic N) is 1. The van der Waals surface area contributed by atoms with Gasteiger partial charge in [-0.2, -0.15) is 0 Å². The summed E-state index contributed by atoms with van der Waals surface area (Å²) >= 11 is 0. The second kappa shape index (κ2) is 5.86. The molecule has 1 atom stereocenters. The van der Waals surface area contributed by atoms with Crippen LogP contribution in [0.4, 0.5) is 5.69 Å². The molecule has 20 heavy (non-hydrogen) atoms. The molecule has 1 aliphatic heterocycles. The van der Waals surface area contributed by atoms with E-state index in [2.05, 4.69) is 20.8 Å². The maximum Gasteiger partial charge on any atom is 0.222 e. The van der Waals surface area contributed by atoms with Crippen molar-refractivity contribution in [2.45, 2.75) is 46.6 Å². The fourth-order valence-corrected chi connectivity index (χ4v) is 2.91. The van der Waals surface area contributed by atoms with Gasteiger partial charge in [0, 0.05) is 25.2 Å². The van der Waals surface area contributed by atoms with E-state index in [1.165, 1.54) is 0 Å². The molecule has 1 unspecified atom stereocenters. The summed E-state index contributed by atoms with van der Waals surface area (Å²) in [6.07, 6.45) is 2.79. The molecule has 0 radical (unpaired) electrons. The first-order valence-corrected chi connectivity index (χ1v) is 7.48. The Morgan fingerprint density at radius 3 is 2.45 bits per heavy atom. The van der Waals surface area contributed by atoms with Gasteiger partial charge in [0.15, 0.2) is 0 Å². The van der Waals surface area contributed by atoms with Gasteiger partial charge in [-0.05, 0) is 41.9 Å². The van der Waals surface area contributed by atoms with Gasteiger partial charge < -0.3 is 10.6 Å². The Labute approximate surface area is 122 Å². The molecular formula is C17H26N2O. The van der Waals surface area contributed by atoms with Gasteiger partial charge in [0.25, 0.3) is 0 Å². The zero-order valence-electron chi connectivity index (χ0n) is 12.9. The van der Waals surface area contributed by atoms with E-state index in [0.717, 1.165) is 30.6 Å². The van der Waals surface area contributed by atoms with Gasteiger partial charge in [-0.25, -0.2) is 0 Å². The zero-order valence-corrected chi connectivity index (χ0v) is 12.9. The number of carbonyl (C=O) groups is 1. The number of likely N-dealkylation sites (tertiary alicyclic amines) is 1. The molecule has 3 nitrogen and oxygen atoms in total.